The first-order valence-corrected chi connectivity index (χ1v) is 4.53. The second-order valence-electron chi connectivity index (χ2n) is 3.20. The Bertz CT molecular complexity index is 523. The SMILES string of the molecule is N#Cc1ccc(/C=C2/NC(=O)NC2=O)cc1. The monoisotopic (exact) mass is 213 g/mol. The Labute approximate surface area is 91.4 Å². The number of benzene rings is 1. The summed E-state index contributed by atoms with van der Waals surface area (Å²) in [6.07, 6.45) is 1.54. The van der Waals surface area contributed by atoms with E-state index in [1.165, 1.54) is 0 Å². The molecule has 1 fully saturated rings. The second-order valence-corrected chi connectivity index (χ2v) is 3.20. The van der Waals surface area contributed by atoms with Crippen molar-refractivity contribution in [1.29, 1.82) is 5.26 Å². The Hall–Kier alpha value is -2.61. The van der Waals surface area contributed by atoms with Crippen molar-refractivity contribution in [3.63, 3.8) is 0 Å². The maximum absolute atomic E-state index is 11.2. The fourth-order valence-corrected chi connectivity index (χ4v) is 1.30. The molecule has 1 aliphatic rings. The molecule has 0 bridgehead atoms. The van der Waals surface area contributed by atoms with Crippen molar-refractivity contribution in [1.82, 2.24) is 10.6 Å². The molecule has 0 aromatic heterocycles. The van der Waals surface area contributed by atoms with Gasteiger partial charge in [0, 0.05) is 0 Å². The van der Waals surface area contributed by atoms with Crippen LogP contribution in [0.15, 0.2) is 30.0 Å². The van der Waals surface area contributed by atoms with E-state index in [1.807, 2.05) is 6.07 Å². The lowest BCUT2D eigenvalue weighted by Gasteiger charge is -1.95. The van der Waals surface area contributed by atoms with Crippen molar-refractivity contribution >= 4 is 18.0 Å². The molecule has 1 aromatic carbocycles. The average Bonchev–Trinajstić information content (AvgIpc) is 2.59. The zero-order valence-corrected chi connectivity index (χ0v) is 8.15. The van der Waals surface area contributed by atoms with Crippen molar-refractivity contribution in [3.8, 4) is 6.07 Å². The molecule has 3 amide bonds. The molecular weight excluding hydrogens is 206 g/mol. The van der Waals surface area contributed by atoms with E-state index in [0.29, 0.717) is 5.56 Å². The Balaban J connectivity index is 2.26. The number of imide groups is 1. The van der Waals surface area contributed by atoms with Gasteiger partial charge in [0.25, 0.3) is 5.91 Å². The van der Waals surface area contributed by atoms with Crippen LogP contribution in [0.4, 0.5) is 4.79 Å². The quantitative estimate of drug-likeness (QED) is 0.533. The first-order chi connectivity index (χ1) is 7.69. The number of nitrogens with one attached hydrogen (secondary N) is 2. The highest BCUT2D eigenvalue weighted by Gasteiger charge is 2.22. The number of nitriles is 1. The summed E-state index contributed by atoms with van der Waals surface area (Å²) < 4.78 is 0. The number of urea groups is 1. The van der Waals surface area contributed by atoms with E-state index in [4.69, 9.17) is 5.26 Å². The van der Waals surface area contributed by atoms with Crippen molar-refractivity contribution in [2.75, 3.05) is 0 Å². The minimum atomic E-state index is -0.523. The molecule has 2 rings (SSSR count). The lowest BCUT2D eigenvalue weighted by Crippen LogP contribution is -2.22. The first kappa shape index (κ1) is 9.93. The van der Waals surface area contributed by atoms with E-state index in [1.54, 1.807) is 30.3 Å². The van der Waals surface area contributed by atoms with Crippen LogP contribution in [0, 0.1) is 11.3 Å². The first-order valence-electron chi connectivity index (χ1n) is 4.53. The molecule has 0 aliphatic carbocycles. The van der Waals surface area contributed by atoms with Crippen molar-refractivity contribution < 1.29 is 9.59 Å². The molecule has 5 heteroatoms. The van der Waals surface area contributed by atoms with Crippen LogP contribution in [0.25, 0.3) is 6.08 Å². The number of amides is 3. The molecule has 0 atom stereocenters. The van der Waals surface area contributed by atoms with Gasteiger partial charge in [0.15, 0.2) is 0 Å². The molecule has 2 N–H and O–H groups in total. The Kier molecular flexibility index (Phi) is 2.40. The standard InChI is InChI=1S/C11H7N3O2/c12-6-8-3-1-7(2-4-8)5-9-10(15)14-11(16)13-9/h1-5H,(H2,13,14,15,16)/b9-5+. The van der Waals surface area contributed by atoms with E-state index in [2.05, 4.69) is 10.6 Å². The number of nitrogens with zero attached hydrogens (tertiary/aromatic N) is 1. The van der Waals surface area contributed by atoms with E-state index < -0.39 is 11.9 Å². The van der Waals surface area contributed by atoms with Crippen molar-refractivity contribution in [2.45, 2.75) is 0 Å². The van der Waals surface area contributed by atoms with Crippen LogP contribution in [0.2, 0.25) is 0 Å². The summed E-state index contributed by atoms with van der Waals surface area (Å²) in [5.74, 6) is -0.450. The van der Waals surface area contributed by atoms with Crippen LogP contribution in [-0.4, -0.2) is 11.9 Å². The fraction of sp³-hybridized carbons (Fsp3) is 0. The average molecular weight is 213 g/mol. The molecule has 16 heavy (non-hydrogen) atoms. The topological polar surface area (TPSA) is 82.0 Å². The third kappa shape index (κ3) is 1.91. The van der Waals surface area contributed by atoms with Gasteiger partial charge in [-0.25, -0.2) is 4.79 Å². The Morgan fingerprint density at radius 3 is 2.31 bits per heavy atom. The third-order valence-electron chi connectivity index (χ3n) is 2.07. The number of carbonyl (C=O) groups excluding carboxylic acids is 2. The van der Waals surface area contributed by atoms with E-state index >= 15 is 0 Å². The lowest BCUT2D eigenvalue weighted by molar-refractivity contribution is -0.115. The molecule has 1 saturated heterocycles. The highest BCUT2D eigenvalue weighted by atomic mass is 16.2. The highest BCUT2D eigenvalue weighted by Crippen LogP contribution is 2.09. The lowest BCUT2D eigenvalue weighted by atomic mass is 10.1. The van der Waals surface area contributed by atoms with Crippen LogP contribution in [-0.2, 0) is 4.79 Å². The number of hydrogen-bond acceptors (Lipinski definition) is 3. The summed E-state index contributed by atoms with van der Waals surface area (Å²) in [5.41, 5.74) is 1.49. The van der Waals surface area contributed by atoms with E-state index in [0.717, 1.165) is 5.56 Å². The van der Waals surface area contributed by atoms with Gasteiger partial charge in [0.2, 0.25) is 0 Å². The van der Waals surface area contributed by atoms with Gasteiger partial charge in [-0.3, -0.25) is 10.1 Å². The van der Waals surface area contributed by atoms with Gasteiger partial charge in [-0.2, -0.15) is 5.26 Å². The summed E-state index contributed by atoms with van der Waals surface area (Å²) >= 11 is 0. The fourth-order valence-electron chi connectivity index (χ4n) is 1.30. The normalized spacial score (nSPS) is 16.8. The largest absolute Gasteiger partial charge is 0.326 e. The summed E-state index contributed by atoms with van der Waals surface area (Å²) in [6, 6.07) is 8.15. The van der Waals surface area contributed by atoms with Gasteiger partial charge in [0.05, 0.1) is 11.6 Å². The molecule has 0 radical (unpaired) electrons. The van der Waals surface area contributed by atoms with Crippen molar-refractivity contribution in [2.24, 2.45) is 0 Å². The van der Waals surface area contributed by atoms with Gasteiger partial charge in [-0.15, -0.1) is 0 Å². The molecular formula is C11H7N3O2. The summed E-state index contributed by atoms with van der Waals surface area (Å²) in [5, 5.41) is 13.1. The van der Waals surface area contributed by atoms with Gasteiger partial charge >= 0.3 is 6.03 Å². The van der Waals surface area contributed by atoms with Gasteiger partial charge < -0.3 is 5.32 Å². The number of rotatable bonds is 1. The minimum Gasteiger partial charge on any atom is -0.303 e. The smallest absolute Gasteiger partial charge is 0.303 e. The second kappa shape index (κ2) is 3.87. The molecule has 1 aromatic rings. The predicted molar refractivity (Wildman–Crippen MR) is 55.8 cm³/mol. The number of carbonyl (C=O) groups is 2. The molecule has 1 heterocycles. The van der Waals surface area contributed by atoms with Crippen LogP contribution in [0.1, 0.15) is 11.1 Å². The molecule has 0 saturated carbocycles. The van der Waals surface area contributed by atoms with Crippen LogP contribution in [0.3, 0.4) is 0 Å². The zero-order chi connectivity index (χ0) is 11.5. The molecule has 78 valence electrons. The van der Waals surface area contributed by atoms with E-state index in [-0.39, 0.29) is 5.70 Å². The summed E-state index contributed by atoms with van der Waals surface area (Å²) in [4.78, 5) is 22.0. The number of hydrogen-bond donors (Lipinski definition) is 2. The minimum absolute atomic E-state index is 0.203. The summed E-state index contributed by atoms with van der Waals surface area (Å²) in [6.45, 7) is 0. The van der Waals surface area contributed by atoms with Gasteiger partial charge in [-0.05, 0) is 23.8 Å². The molecule has 1 aliphatic heterocycles. The Morgan fingerprint density at radius 1 is 1.12 bits per heavy atom. The molecule has 0 unspecified atom stereocenters. The van der Waals surface area contributed by atoms with Gasteiger partial charge in [-0.1, -0.05) is 12.1 Å². The van der Waals surface area contributed by atoms with Crippen molar-refractivity contribution in [3.05, 3.63) is 41.1 Å². The van der Waals surface area contributed by atoms with Gasteiger partial charge in [0.1, 0.15) is 5.70 Å². The van der Waals surface area contributed by atoms with Crippen LogP contribution < -0.4 is 10.6 Å². The molecule has 5 nitrogen and oxygen atoms in total. The highest BCUT2D eigenvalue weighted by molar-refractivity contribution is 6.13. The van der Waals surface area contributed by atoms with Crippen LogP contribution in [0.5, 0.6) is 0 Å². The molecule has 0 spiro atoms. The zero-order valence-electron chi connectivity index (χ0n) is 8.15. The third-order valence-corrected chi connectivity index (χ3v) is 2.07. The van der Waals surface area contributed by atoms with Crippen LogP contribution >= 0.6 is 0 Å². The van der Waals surface area contributed by atoms with E-state index in [9.17, 15) is 9.59 Å². The Morgan fingerprint density at radius 2 is 1.81 bits per heavy atom. The maximum Gasteiger partial charge on any atom is 0.326 e. The predicted octanol–water partition coefficient (Wildman–Crippen LogP) is 0.739. The maximum atomic E-state index is 11.2. The summed E-state index contributed by atoms with van der Waals surface area (Å²) in [7, 11) is 0.